The first-order valence-corrected chi connectivity index (χ1v) is 20.2. The Morgan fingerprint density at radius 1 is 0.446 bits per heavy atom. The van der Waals surface area contributed by atoms with Crippen LogP contribution in [0.5, 0.6) is 0 Å². The van der Waals surface area contributed by atoms with Crippen LogP contribution in [0.3, 0.4) is 0 Å². The van der Waals surface area contributed by atoms with Gasteiger partial charge in [0.15, 0.2) is 0 Å². The first-order valence-electron chi connectivity index (χ1n) is 20.2. The van der Waals surface area contributed by atoms with Crippen LogP contribution in [0.25, 0.3) is 100 Å². The van der Waals surface area contributed by atoms with Crippen LogP contribution in [-0.2, 0) is 0 Å². The van der Waals surface area contributed by atoms with E-state index in [1.807, 2.05) is 0 Å². The third kappa shape index (κ3) is 3.98. The molecular weight excluding hydrogens is 673 g/mol. The lowest BCUT2D eigenvalue weighted by Gasteiger charge is -2.34. The molecule has 8 aromatic carbocycles. The highest BCUT2D eigenvalue weighted by Gasteiger charge is 2.37. The second kappa shape index (κ2) is 11.4. The van der Waals surface area contributed by atoms with E-state index in [0.717, 1.165) is 12.8 Å². The molecule has 260 valence electrons. The molecule has 0 radical (unpaired) electrons. The average molecular weight is 709 g/mol. The largest absolute Gasteiger partial charge is 0.0761 e. The Kier molecular flexibility index (Phi) is 6.21. The topological polar surface area (TPSA) is 0 Å². The summed E-state index contributed by atoms with van der Waals surface area (Å²) < 4.78 is 0. The Morgan fingerprint density at radius 3 is 1.77 bits per heavy atom. The fourth-order valence-electron chi connectivity index (χ4n) is 11.2. The molecule has 0 saturated heterocycles. The lowest BCUT2D eigenvalue weighted by atomic mass is 9.69. The van der Waals surface area contributed by atoms with E-state index in [9.17, 15) is 0 Å². The molecule has 0 amide bonds. The minimum Gasteiger partial charge on any atom is -0.0761 e. The van der Waals surface area contributed by atoms with Gasteiger partial charge in [-0.3, -0.25) is 0 Å². The zero-order chi connectivity index (χ0) is 36.5. The normalized spacial score (nSPS) is 17.6. The molecule has 0 heteroatoms. The van der Waals surface area contributed by atoms with Crippen molar-refractivity contribution >= 4 is 44.8 Å². The van der Waals surface area contributed by atoms with Crippen molar-refractivity contribution in [1.82, 2.24) is 0 Å². The third-order valence-corrected chi connectivity index (χ3v) is 13.4. The van der Waals surface area contributed by atoms with Crippen LogP contribution >= 0.6 is 0 Å². The summed E-state index contributed by atoms with van der Waals surface area (Å²) >= 11 is 0. The Hall–Kier alpha value is -6.76. The van der Waals surface area contributed by atoms with Crippen LogP contribution in [0, 0.1) is 5.92 Å². The molecular formula is C56H36. The predicted octanol–water partition coefficient (Wildman–Crippen LogP) is 13.1. The van der Waals surface area contributed by atoms with E-state index in [1.54, 1.807) is 0 Å². The summed E-state index contributed by atoms with van der Waals surface area (Å²) in [4.78, 5) is 0. The highest BCUT2D eigenvalue weighted by atomic mass is 14.4. The van der Waals surface area contributed by atoms with Gasteiger partial charge in [0.25, 0.3) is 0 Å². The van der Waals surface area contributed by atoms with Crippen molar-refractivity contribution in [3.63, 3.8) is 0 Å². The van der Waals surface area contributed by atoms with Crippen LogP contribution < -0.4 is 10.4 Å². The summed E-state index contributed by atoms with van der Waals surface area (Å²) in [5, 5.41) is 8.28. The smallest absolute Gasteiger partial charge is 0.0131 e. The van der Waals surface area contributed by atoms with Gasteiger partial charge in [0.1, 0.15) is 0 Å². The van der Waals surface area contributed by atoms with Crippen molar-refractivity contribution in [3.8, 4) is 55.6 Å². The Bertz CT molecular complexity index is 3250. The Balaban J connectivity index is 1.14. The van der Waals surface area contributed by atoms with E-state index in [-0.39, 0.29) is 11.8 Å². The van der Waals surface area contributed by atoms with Crippen LogP contribution in [-0.4, -0.2) is 0 Å². The van der Waals surface area contributed by atoms with Crippen molar-refractivity contribution in [2.24, 2.45) is 5.92 Å². The quantitative estimate of drug-likeness (QED) is 0.171. The summed E-state index contributed by atoms with van der Waals surface area (Å²) in [6.07, 6.45) is 16.7. The first kappa shape index (κ1) is 30.6. The predicted molar refractivity (Wildman–Crippen MR) is 236 cm³/mol. The van der Waals surface area contributed by atoms with Crippen molar-refractivity contribution in [2.45, 2.75) is 18.8 Å². The van der Waals surface area contributed by atoms with Gasteiger partial charge in [-0.2, -0.15) is 0 Å². The number of rotatable bonds is 3. The van der Waals surface area contributed by atoms with Gasteiger partial charge in [0.2, 0.25) is 0 Å². The standard InChI is InChI=1S/C56H36/c1-3-15-33(16-4-1)51-42-23-11-12-24-43(42)52(34-17-5-2-6-18-34)56-50-32-48-38-22-10-9-21-37(38)47(31-49(48)44-27-14-28-46(54(44)50)55(51)56)39-29-30-45-36-20-8-7-19-35(36)40-25-13-26-41(39)53(40)45/h1-13,15-27,29-32,37-38H,14,28H2. The van der Waals surface area contributed by atoms with Crippen molar-refractivity contribution in [3.05, 3.63) is 203 Å². The van der Waals surface area contributed by atoms with Gasteiger partial charge >= 0.3 is 0 Å². The molecule has 8 aromatic rings. The number of allylic oxidation sites excluding steroid dienone is 5. The lowest BCUT2D eigenvalue weighted by molar-refractivity contribution is 0.708. The Morgan fingerprint density at radius 2 is 1.04 bits per heavy atom. The zero-order valence-corrected chi connectivity index (χ0v) is 30.9. The molecule has 0 nitrogen and oxygen atoms in total. The number of benzene rings is 8. The summed E-state index contributed by atoms with van der Waals surface area (Å²) in [5.74, 6) is 0.491. The average Bonchev–Trinajstić information content (AvgIpc) is 3.77. The maximum absolute atomic E-state index is 2.62. The molecule has 0 bridgehead atoms. The van der Waals surface area contributed by atoms with Crippen molar-refractivity contribution in [1.29, 1.82) is 0 Å². The van der Waals surface area contributed by atoms with Crippen LogP contribution in [0.4, 0.5) is 0 Å². The molecule has 13 rings (SSSR count). The molecule has 0 aliphatic heterocycles. The molecule has 0 N–H and O–H groups in total. The van der Waals surface area contributed by atoms with Crippen LogP contribution in [0.15, 0.2) is 170 Å². The fourth-order valence-corrected chi connectivity index (χ4v) is 11.2. The van der Waals surface area contributed by atoms with Gasteiger partial charge in [0.05, 0.1) is 0 Å². The maximum Gasteiger partial charge on any atom is 0.0131 e. The van der Waals surface area contributed by atoms with E-state index >= 15 is 0 Å². The van der Waals surface area contributed by atoms with Gasteiger partial charge in [-0.05, 0) is 146 Å². The van der Waals surface area contributed by atoms with Gasteiger partial charge in [-0.25, -0.2) is 0 Å². The van der Waals surface area contributed by atoms with Gasteiger partial charge < -0.3 is 0 Å². The molecule has 0 heterocycles. The summed E-state index contributed by atoms with van der Waals surface area (Å²) in [5.41, 5.74) is 22.1. The molecule has 2 atom stereocenters. The SMILES string of the molecule is C1=CC2C(c3ccc4c5c(cccc35)-c3ccccc3-4)=Cc3c(cc4c5c3=CCCC=5c3c-4c(-c4ccccc4)c4ccccc4c3-c3ccccc3)C2C=C1. The van der Waals surface area contributed by atoms with Gasteiger partial charge in [0, 0.05) is 11.8 Å². The molecule has 5 aliphatic carbocycles. The molecule has 2 unspecified atom stereocenters. The molecule has 0 saturated carbocycles. The van der Waals surface area contributed by atoms with E-state index in [0.29, 0.717) is 0 Å². The minimum atomic E-state index is 0.244. The second-order valence-corrected chi connectivity index (χ2v) is 16.1. The van der Waals surface area contributed by atoms with Crippen molar-refractivity contribution < 1.29 is 0 Å². The fraction of sp³-hybridized carbons (Fsp3) is 0.0714. The third-order valence-electron chi connectivity index (χ3n) is 13.4. The maximum atomic E-state index is 2.62. The van der Waals surface area contributed by atoms with Crippen molar-refractivity contribution in [2.75, 3.05) is 0 Å². The minimum absolute atomic E-state index is 0.244. The summed E-state index contributed by atoms with van der Waals surface area (Å²) in [6.45, 7) is 0. The first-order chi connectivity index (χ1) is 27.8. The number of fused-ring (bicyclic) bond motifs is 11. The van der Waals surface area contributed by atoms with Gasteiger partial charge in [-0.15, -0.1) is 0 Å². The van der Waals surface area contributed by atoms with Crippen LogP contribution in [0.1, 0.15) is 41.0 Å². The molecule has 56 heavy (non-hydrogen) atoms. The second-order valence-electron chi connectivity index (χ2n) is 16.1. The monoisotopic (exact) mass is 708 g/mol. The van der Waals surface area contributed by atoms with E-state index in [4.69, 9.17) is 0 Å². The van der Waals surface area contributed by atoms with E-state index in [2.05, 4.69) is 182 Å². The molecule has 0 spiro atoms. The highest BCUT2D eigenvalue weighted by Crippen LogP contribution is 2.55. The van der Waals surface area contributed by atoms with Crippen LogP contribution in [0.2, 0.25) is 0 Å². The number of hydrogen-bond donors (Lipinski definition) is 0. The molecule has 0 aromatic heterocycles. The van der Waals surface area contributed by atoms with E-state index in [1.165, 1.54) is 121 Å². The highest BCUT2D eigenvalue weighted by molar-refractivity contribution is 6.20. The number of hydrogen-bond acceptors (Lipinski definition) is 0. The molecule has 5 aliphatic rings. The van der Waals surface area contributed by atoms with Gasteiger partial charge in [-0.1, -0.05) is 170 Å². The Labute approximate surface area is 326 Å². The summed E-state index contributed by atoms with van der Waals surface area (Å²) in [6, 6.07) is 54.7. The van der Waals surface area contributed by atoms with E-state index < -0.39 is 0 Å². The zero-order valence-electron chi connectivity index (χ0n) is 30.9. The lowest BCUT2D eigenvalue weighted by Crippen LogP contribution is -2.35. The molecule has 0 fully saturated rings. The summed E-state index contributed by atoms with van der Waals surface area (Å²) in [7, 11) is 0.